The number of alkyl halides is 1. The number of hydrogen-bond acceptors (Lipinski definition) is 7. The molecule has 4 aromatic rings. The molecule has 1 amide bonds. The fraction of sp³-hybridized carbons (Fsp3) is 0.222. The highest BCUT2D eigenvalue weighted by Gasteiger charge is 2.43. The van der Waals surface area contributed by atoms with E-state index < -0.39 is 6.17 Å². The lowest BCUT2D eigenvalue weighted by Crippen LogP contribution is -2.16. The molecule has 140 valence electrons. The molecule has 0 bridgehead atoms. The first-order chi connectivity index (χ1) is 13.6. The Balaban J connectivity index is 1.43. The number of imidazole rings is 1. The normalized spacial score (nSPS) is 18.4. The lowest BCUT2D eigenvalue weighted by Gasteiger charge is -2.07. The van der Waals surface area contributed by atoms with Crippen LogP contribution in [0.1, 0.15) is 34.3 Å². The maximum Gasteiger partial charge on any atom is 0.275 e. The van der Waals surface area contributed by atoms with Crippen molar-refractivity contribution in [2.75, 3.05) is 5.32 Å². The number of hydrogen-bond donors (Lipinski definition) is 1. The SMILES string of the molecule is Cc1cnc(-c2noc([C@H]3C[C@@H]3F)n2)nc1NC(=O)c1cnc2ccccn12. The van der Waals surface area contributed by atoms with E-state index >= 15 is 0 Å². The first-order valence-corrected chi connectivity index (χ1v) is 8.65. The van der Waals surface area contributed by atoms with Gasteiger partial charge in [-0.3, -0.25) is 9.20 Å². The summed E-state index contributed by atoms with van der Waals surface area (Å²) in [6, 6.07) is 5.46. The van der Waals surface area contributed by atoms with Gasteiger partial charge in [-0.25, -0.2) is 19.3 Å². The molecule has 1 saturated carbocycles. The molecule has 1 N–H and O–H groups in total. The van der Waals surface area contributed by atoms with Crippen molar-refractivity contribution in [1.82, 2.24) is 29.5 Å². The molecule has 4 heterocycles. The van der Waals surface area contributed by atoms with E-state index in [0.29, 0.717) is 29.1 Å². The number of aromatic nitrogens is 6. The van der Waals surface area contributed by atoms with Crippen LogP contribution >= 0.6 is 0 Å². The summed E-state index contributed by atoms with van der Waals surface area (Å²) in [7, 11) is 0. The van der Waals surface area contributed by atoms with Gasteiger partial charge in [0.2, 0.25) is 17.5 Å². The van der Waals surface area contributed by atoms with Crippen LogP contribution in [0.5, 0.6) is 0 Å². The monoisotopic (exact) mass is 379 g/mol. The van der Waals surface area contributed by atoms with Crippen molar-refractivity contribution in [2.24, 2.45) is 0 Å². The number of nitrogens with one attached hydrogen (secondary N) is 1. The Bertz CT molecular complexity index is 1200. The van der Waals surface area contributed by atoms with Crippen LogP contribution in [0.2, 0.25) is 0 Å². The average Bonchev–Trinajstić information content (AvgIpc) is 3.12. The first kappa shape index (κ1) is 16.5. The van der Waals surface area contributed by atoms with Gasteiger partial charge in [0.1, 0.15) is 23.3 Å². The van der Waals surface area contributed by atoms with Crippen LogP contribution in [0.4, 0.5) is 10.2 Å². The van der Waals surface area contributed by atoms with Gasteiger partial charge in [-0.2, -0.15) is 4.98 Å². The number of carbonyl (C=O) groups is 1. The van der Waals surface area contributed by atoms with Crippen molar-refractivity contribution in [3.63, 3.8) is 0 Å². The number of aryl methyl sites for hydroxylation is 1. The molecule has 1 aliphatic carbocycles. The van der Waals surface area contributed by atoms with Gasteiger partial charge in [0.05, 0.1) is 12.1 Å². The molecule has 0 unspecified atom stereocenters. The van der Waals surface area contributed by atoms with Crippen LogP contribution in [0.15, 0.2) is 41.3 Å². The Morgan fingerprint density at radius 1 is 1.25 bits per heavy atom. The molecule has 10 heteroatoms. The predicted molar refractivity (Wildman–Crippen MR) is 95.5 cm³/mol. The number of pyridine rings is 1. The standard InChI is InChI=1S/C18H14FN7O2/c1-9-7-21-15(16-24-18(28-25-16)10-6-11(10)19)22-14(9)23-17(27)12-8-20-13-4-2-3-5-26(12)13/h2-5,7-8,10-11H,6H2,1H3,(H,21,22,23,27)/t10-,11-/m0/s1. The topological polar surface area (TPSA) is 111 Å². The summed E-state index contributed by atoms with van der Waals surface area (Å²) in [4.78, 5) is 29.6. The summed E-state index contributed by atoms with van der Waals surface area (Å²) < 4.78 is 19.9. The van der Waals surface area contributed by atoms with E-state index in [4.69, 9.17) is 4.52 Å². The van der Waals surface area contributed by atoms with Crippen LogP contribution < -0.4 is 5.32 Å². The zero-order valence-corrected chi connectivity index (χ0v) is 14.7. The van der Waals surface area contributed by atoms with E-state index in [-0.39, 0.29) is 29.4 Å². The molecule has 0 saturated heterocycles. The summed E-state index contributed by atoms with van der Waals surface area (Å²) in [6.45, 7) is 1.77. The smallest absolute Gasteiger partial charge is 0.275 e. The Hall–Kier alpha value is -3.69. The van der Waals surface area contributed by atoms with Crippen molar-refractivity contribution < 1.29 is 13.7 Å². The molecule has 0 radical (unpaired) electrons. The van der Waals surface area contributed by atoms with Crippen LogP contribution in [0.3, 0.4) is 0 Å². The predicted octanol–water partition coefficient (Wildman–Crippen LogP) is 2.56. The maximum atomic E-state index is 13.2. The quantitative estimate of drug-likeness (QED) is 0.580. The van der Waals surface area contributed by atoms with Crippen LogP contribution in [0, 0.1) is 6.92 Å². The molecule has 5 rings (SSSR count). The Kier molecular flexibility index (Phi) is 3.64. The van der Waals surface area contributed by atoms with E-state index in [1.54, 1.807) is 29.8 Å². The Morgan fingerprint density at radius 3 is 2.93 bits per heavy atom. The van der Waals surface area contributed by atoms with Crippen molar-refractivity contribution in [3.05, 3.63) is 53.9 Å². The number of rotatable bonds is 4. The van der Waals surface area contributed by atoms with Crippen LogP contribution in [-0.2, 0) is 0 Å². The molecule has 0 aromatic carbocycles. The highest BCUT2D eigenvalue weighted by atomic mass is 19.1. The zero-order chi connectivity index (χ0) is 19.3. The molecule has 9 nitrogen and oxygen atoms in total. The molecular formula is C18H14FN7O2. The van der Waals surface area contributed by atoms with Gasteiger partial charge in [-0.05, 0) is 25.5 Å². The largest absolute Gasteiger partial charge is 0.338 e. The number of amides is 1. The molecule has 0 aliphatic heterocycles. The van der Waals surface area contributed by atoms with Gasteiger partial charge in [-0.1, -0.05) is 11.2 Å². The minimum atomic E-state index is -0.937. The third-order valence-electron chi connectivity index (χ3n) is 4.52. The van der Waals surface area contributed by atoms with Crippen molar-refractivity contribution >= 4 is 17.4 Å². The zero-order valence-electron chi connectivity index (χ0n) is 14.7. The van der Waals surface area contributed by atoms with Gasteiger partial charge in [-0.15, -0.1) is 0 Å². The molecule has 4 aromatic heterocycles. The third kappa shape index (κ3) is 2.79. The average molecular weight is 379 g/mol. The highest BCUT2D eigenvalue weighted by Crippen LogP contribution is 2.42. The first-order valence-electron chi connectivity index (χ1n) is 8.65. The molecule has 1 aliphatic rings. The summed E-state index contributed by atoms with van der Waals surface area (Å²) in [6.07, 6.45) is 4.25. The Labute approximate surface area is 157 Å². The summed E-state index contributed by atoms with van der Waals surface area (Å²) in [5.41, 5.74) is 1.71. The second kappa shape index (κ2) is 6.19. The van der Waals surface area contributed by atoms with E-state index in [2.05, 4.69) is 30.4 Å². The second-order valence-corrected chi connectivity index (χ2v) is 6.57. The van der Waals surface area contributed by atoms with E-state index in [1.165, 1.54) is 6.20 Å². The van der Waals surface area contributed by atoms with Crippen molar-refractivity contribution in [1.29, 1.82) is 0 Å². The summed E-state index contributed by atoms with van der Waals surface area (Å²) >= 11 is 0. The molecule has 1 fully saturated rings. The number of halogens is 1. The number of fused-ring (bicyclic) bond motifs is 1. The van der Waals surface area contributed by atoms with Gasteiger partial charge in [0.15, 0.2) is 0 Å². The fourth-order valence-corrected chi connectivity index (χ4v) is 2.84. The van der Waals surface area contributed by atoms with Crippen molar-refractivity contribution in [3.8, 4) is 11.6 Å². The van der Waals surface area contributed by atoms with Gasteiger partial charge in [0.25, 0.3) is 5.91 Å². The van der Waals surface area contributed by atoms with E-state index in [1.807, 2.05) is 12.1 Å². The number of carbonyl (C=O) groups excluding carboxylic acids is 1. The summed E-state index contributed by atoms with van der Waals surface area (Å²) in [5, 5.41) is 6.59. The summed E-state index contributed by atoms with van der Waals surface area (Å²) in [5.74, 6) is 0.189. The Morgan fingerprint density at radius 2 is 2.11 bits per heavy atom. The van der Waals surface area contributed by atoms with E-state index in [0.717, 1.165) is 0 Å². The molecule has 2 atom stereocenters. The second-order valence-electron chi connectivity index (χ2n) is 6.57. The lowest BCUT2D eigenvalue weighted by molar-refractivity contribution is 0.102. The molecular weight excluding hydrogens is 365 g/mol. The van der Waals surface area contributed by atoms with Gasteiger partial charge < -0.3 is 9.84 Å². The minimum Gasteiger partial charge on any atom is -0.338 e. The fourth-order valence-electron chi connectivity index (χ4n) is 2.84. The van der Waals surface area contributed by atoms with E-state index in [9.17, 15) is 9.18 Å². The lowest BCUT2D eigenvalue weighted by atomic mass is 10.3. The van der Waals surface area contributed by atoms with Gasteiger partial charge >= 0.3 is 0 Å². The third-order valence-corrected chi connectivity index (χ3v) is 4.52. The minimum absolute atomic E-state index is 0.152. The van der Waals surface area contributed by atoms with Crippen LogP contribution in [0.25, 0.3) is 17.3 Å². The molecule has 28 heavy (non-hydrogen) atoms. The maximum absolute atomic E-state index is 13.2. The van der Waals surface area contributed by atoms with Crippen LogP contribution in [-0.4, -0.2) is 41.6 Å². The number of nitrogens with zero attached hydrogens (tertiary/aromatic N) is 6. The number of anilines is 1. The van der Waals surface area contributed by atoms with Gasteiger partial charge in [0, 0.05) is 18.0 Å². The highest BCUT2D eigenvalue weighted by molar-refractivity contribution is 6.03. The van der Waals surface area contributed by atoms with Crippen molar-refractivity contribution in [2.45, 2.75) is 25.4 Å². The molecule has 0 spiro atoms.